The molecule has 7 nitrogen and oxygen atoms in total. The molecule has 1 fully saturated rings. The van der Waals surface area contributed by atoms with Crippen LogP contribution >= 0.6 is 0 Å². The highest BCUT2D eigenvalue weighted by Crippen LogP contribution is 2.24. The fourth-order valence-corrected chi connectivity index (χ4v) is 3.08. The van der Waals surface area contributed by atoms with Gasteiger partial charge in [-0.3, -0.25) is 9.59 Å². The summed E-state index contributed by atoms with van der Waals surface area (Å²) in [5.41, 5.74) is 0.128. The first-order chi connectivity index (χ1) is 11.0. The molecule has 2 aromatic rings. The normalized spacial score (nSPS) is 21.3. The van der Waals surface area contributed by atoms with Crippen molar-refractivity contribution in [2.45, 2.75) is 31.7 Å². The van der Waals surface area contributed by atoms with Crippen LogP contribution < -0.4 is 5.32 Å². The number of pyridine rings is 1. The van der Waals surface area contributed by atoms with Crippen LogP contribution in [-0.4, -0.2) is 45.1 Å². The SMILES string of the molecule is Cc1nc(C(=O)NC2(CC(=O)O)CCCOC2)c2ccccn12. The van der Waals surface area contributed by atoms with Gasteiger partial charge in [-0.25, -0.2) is 4.98 Å². The molecule has 2 aromatic heterocycles. The number of nitrogens with zero attached hydrogens (tertiary/aromatic N) is 2. The van der Waals surface area contributed by atoms with Gasteiger partial charge in [-0.15, -0.1) is 0 Å². The van der Waals surface area contributed by atoms with Crippen molar-refractivity contribution in [3.63, 3.8) is 0 Å². The van der Waals surface area contributed by atoms with Gasteiger partial charge >= 0.3 is 5.97 Å². The number of ether oxygens (including phenoxy) is 1. The number of amides is 1. The van der Waals surface area contributed by atoms with Crippen LogP contribution in [0.25, 0.3) is 5.52 Å². The van der Waals surface area contributed by atoms with Crippen LogP contribution in [0.5, 0.6) is 0 Å². The number of aromatic nitrogens is 2. The quantitative estimate of drug-likeness (QED) is 0.889. The number of fused-ring (bicyclic) bond motifs is 1. The van der Waals surface area contributed by atoms with Crippen LogP contribution in [0.4, 0.5) is 0 Å². The Hall–Kier alpha value is -2.41. The highest BCUT2D eigenvalue weighted by molar-refractivity contribution is 5.99. The van der Waals surface area contributed by atoms with E-state index in [0.717, 1.165) is 6.42 Å². The molecule has 0 aromatic carbocycles. The molecule has 0 spiro atoms. The third-order valence-corrected chi connectivity index (χ3v) is 4.13. The van der Waals surface area contributed by atoms with Crippen molar-refractivity contribution in [1.82, 2.24) is 14.7 Å². The second-order valence-electron chi connectivity index (χ2n) is 5.92. The lowest BCUT2D eigenvalue weighted by molar-refractivity contribution is -0.140. The van der Waals surface area contributed by atoms with Crippen molar-refractivity contribution < 1.29 is 19.4 Å². The van der Waals surface area contributed by atoms with Crippen LogP contribution in [0.2, 0.25) is 0 Å². The summed E-state index contributed by atoms with van der Waals surface area (Å²) in [7, 11) is 0. The van der Waals surface area contributed by atoms with E-state index in [4.69, 9.17) is 9.84 Å². The van der Waals surface area contributed by atoms with Crippen LogP contribution in [0, 0.1) is 6.92 Å². The average Bonchev–Trinajstić information content (AvgIpc) is 2.85. The van der Waals surface area contributed by atoms with E-state index in [1.807, 2.05) is 35.7 Å². The number of carboxylic acid groups (broad SMARTS) is 1. The summed E-state index contributed by atoms with van der Waals surface area (Å²) in [6.07, 6.45) is 2.97. The molecule has 3 rings (SSSR count). The Morgan fingerprint density at radius 2 is 2.30 bits per heavy atom. The van der Waals surface area contributed by atoms with Crippen LogP contribution in [-0.2, 0) is 9.53 Å². The lowest BCUT2D eigenvalue weighted by atomic mass is 9.88. The van der Waals surface area contributed by atoms with Gasteiger partial charge in [0.15, 0.2) is 5.69 Å². The monoisotopic (exact) mass is 317 g/mol. The number of carboxylic acids is 1. The Bertz CT molecular complexity index is 747. The molecule has 1 amide bonds. The molecule has 23 heavy (non-hydrogen) atoms. The molecule has 0 saturated carbocycles. The fourth-order valence-electron chi connectivity index (χ4n) is 3.08. The first-order valence-electron chi connectivity index (χ1n) is 7.56. The molecule has 2 N–H and O–H groups in total. The zero-order valence-corrected chi connectivity index (χ0v) is 12.9. The van der Waals surface area contributed by atoms with Crippen LogP contribution in [0.1, 0.15) is 35.6 Å². The summed E-state index contributed by atoms with van der Waals surface area (Å²) < 4.78 is 7.24. The molecule has 3 heterocycles. The van der Waals surface area contributed by atoms with Crippen LogP contribution in [0.3, 0.4) is 0 Å². The predicted octanol–water partition coefficient (Wildman–Crippen LogP) is 1.40. The van der Waals surface area contributed by atoms with Gasteiger partial charge in [-0.2, -0.15) is 0 Å². The Kier molecular flexibility index (Phi) is 4.04. The highest BCUT2D eigenvalue weighted by atomic mass is 16.5. The number of hydrogen-bond acceptors (Lipinski definition) is 4. The zero-order valence-electron chi connectivity index (χ0n) is 12.9. The summed E-state index contributed by atoms with van der Waals surface area (Å²) in [6, 6.07) is 5.52. The Balaban J connectivity index is 1.90. The largest absolute Gasteiger partial charge is 0.481 e. The number of carbonyl (C=O) groups is 2. The topological polar surface area (TPSA) is 92.9 Å². The van der Waals surface area contributed by atoms with Crippen LogP contribution in [0.15, 0.2) is 24.4 Å². The van der Waals surface area contributed by atoms with E-state index in [9.17, 15) is 9.59 Å². The predicted molar refractivity (Wildman–Crippen MR) is 82.4 cm³/mol. The molecule has 1 aliphatic rings. The van der Waals surface area contributed by atoms with Gasteiger partial charge < -0.3 is 19.6 Å². The first-order valence-corrected chi connectivity index (χ1v) is 7.56. The minimum Gasteiger partial charge on any atom is -0.481 e. The Morgan fingerprint density at radius 1 is 1.48 bits per heavy atom. The van der Waals surface area contributed by atoms with Crippen molar-refractivity contribution in [2.75, 3.05) is 13.2 Å². The fraction of sp³-hybridized carbons (Fsp3) is 0.438. The summed E-state index contributed by atoms with van der Waals surface area (Å²) >= 11 is 0. The number of carbonyl (C=O) groups excluding carboxylic acids is 1. The lowest BCUT2D eigenvalue weighted by Crippen LogP contribution is -2.55. The third-order valence-electron chi connectivity index (χ3n) is 4.13. The van der Waals surface area contributed by atoms with Crippen molar-refractivity contribution in [1.29, 1.82) is 0 Å². The van der Waals surface area contributed by atoms with Gasteiger partial charge in [-0.05, 0) is 31.9 Å². The summed E-state index contributed by atoms with van der Waals surface area (Å²) in [4.78, 5) is 28.2. The van der Waals surface area contributed by atoms with E-state index in [-0.39, 0.29) is 18.9 Å². The second-order valence-corrected chi connectivity index (χ2v) is 5.92. The van der Waals surface area contributed by atoms with E-state index in [0.29, 0.717) is 30.1 Å². The molecule has 122 valence electrons. The average molecular weight is 317 g/mol. The second kappa shape index (κ2) is 6.00. The lowest BCUT2D eigenvalue weighted by Gasteiger charge is -2.36. The maximum absolute atomic E-state index is 12.7. The Labute approximate surface area is 133 Å². The maximum atomic E-state index is 12.7. The number of imidazole rings is 1. The summed E-state index contributed by atoms with van der Waals surface area (Å²) in [6.45, 7) is 2.61. The van der Waals surface area contributed by atoms with Gasteiger partial charge in [0.2, 0.25) is 0 Å². The zero-order chi connectivity index (χ0) is 16.4. The number of aliphatic carboxylic acids is 1. The molecule has 1 saturated heterocycles. The summed E-state index contributed by atoms with van der Waals surface area (Å²) in [5.74, 6) is -0.617. The van der Waals surface area contributed by atoms with E-state index in [1.165, 1.54) is 0 Å². The molecular formula is C16H19N3O4. The molecule has 7 heteroatoms. The smallest absolute Gasteiger partial charge is 0.305 e. The third kappa shape index (κ3) is 3.05. The number of aryl methyl sites for hydroxylation is 1. The molecule has 0 radical (unpaired) electrons. The van der Waals surface area contributed by atoms with E-state index in [2.05, 4.69) is 10.3 Å². The number of rotatable bonds is 4. The van der Waals surface area contributed by atoms with Crippen molar-refractivity contribution in [3.8, 4) is 0 Å². The van der Waals surface area contributed by atoms with E-state index in [1.54, 1.807) is 0 Å². The number of nitrogens with one attached hydrogen (secondary N) is 1. The molecule has 1 atom stereocenters. The molecule has 0 aliphatic carbocycles. The minimum absolute atomic E-state index is 0.163. The van der Waals surface area contributed by atoms with Gasteiger partial charge in [0.25, 0.3) is 5.91 Å². The van der Waals surface area contributed by atoms with Crippen molar-refractivity contribution >= 4 is 17.4 Å². The molecule has 1 unspecified atom stereocenters. The van der Waals surface area contributed by atoms with Gasteiger partial charge in [0.1, 0.15) is 5.82 Å². The van der Waals surface area contributed by atoms with E-state index < -0.39 is 11.5 Å². The van der Waals surface area contributed by atoms with Crippen molar-refractivity contribution in [3.05, 3.63) is 35.9 Å². The Morgan fingerprint density at radius 3 is 3.00 bits per heavy atom. The first kappa shape index (κ1) is 15.5. The van der Waals surface area contributed by atoms with E-state index >= 15 is 0 Å². The van der Waals surface area contributed by atoms with Gasteiger partial charge in [0.05, 0.1) is 24.1 Å². The molecule has 0 bridgehead atoms. The standard InChI is InChI=1S/C16H19N3O4/c1-11-17-14(12-5-2-3-7-19(11)12)15(22)18-16(9-13(20)21)6-4-8-23-10-16/h2-3,5,7H,4,6,8-10H2,1H3,(H,18,22)(H,20,21). The van der Waals surface area contributed by atoms with Crippen molar-refractivity contribution in [2.24, 2.45) is 0 Å². The molecule has 1 aliphatic heterocycles. The minimum atomic E-state index is -0.957. The van der Waals surface area contributed by atoms with Gasteiger partial charge in [-0.1, -0.05) is 6.07 Å². The highest BCUT2D eigenvalue weighted by Gasteiger charge is 2.37. The maximum Gasteiger partial charge on any atom is 0.305 e. The molecular weight excluding hydrogens is 298 g/mol. The van der Waals surface area contributed by atoms with Gasteiger partial charge in [0, 0.05) is 12.8 Å². The number of hydrogen-bond donors (Lipinski definition) is 2. The summed E-state index contributed by atoms with van der Waals surface area (Å²) in [5, 5.41) is 12.0.